The molecule has 0 spiro atoms. The number of benzene rings is 1. The number of rotatable bonds is 5. The van der Waals surface area contributed by atoms with Crippen LogP contribution in [0.15, 0.2) is 40.6 Å². The molecular weight excluding hydrogens is 344 g/mol. The zero-order chi connectivity index (χ0) is 19.0. The lowest BCUT2D eigenvalue weighted by Gasteiger charge is -2.29. The summed E-state index contributed by atoms with van der Waals surface area (Å²) in [5.41, 5.74) is 3.00. The minimum absolute atomic E-state index is 0.0271. The number of amidine groups is 2. The van der Waals surface area contributed by atoms with Gasteiger partial charge in [0.25, 0.3) is 0 Å². The number of hydrogen-bond acceptors (Lipinski definition) is 7. The van der Waals surface area contributed by atoms with Crippen molar-refractivity contribution in [3.05, 3.63) is 47.3 Å². The van der Waals surface area contributed by atoms with Gasteiger partial charge < -0.3 is 14.4 Å². The summed E-state index contributed by atoms with van der Waals surface area (Å²) in [6, 6.07) is 5.46. The van der Waals surface area contributed by atoms with E-state index in [1.807, 2.05) is 17.9 Å². The van der Waals surface area contributed by atoms with Gasteiger partial charge in [0.05, 0.1) is 32.7 Å². The summed E-state index contributed by atoms with van der Waals surface area (Å²) in [7, 11) is 3.24. The van der Waals surface area contributed by atoms with E-state index in [0.29, 0.717) is 35.9 Å². The maximum absolute atomic E-state index is 12.7. The summed E-state index contributed by atoms with van der Waals surface area (Å²) in [5.74, 6) is 2.83. The number of hydrogen-bond donors (Lipinski definition) is 0. The standard InChI is InChI=1S/C20H20N4O3/c1-12-16(26-2)9-14-18(19(12)27-3)23-17(24-8-7-22-20(14)24)10-15(25)13-5-4-6-21-11-13/h4-6,9,11H,7-8,10H2,1-3H3. The highest BCUT2D eigenvalue weighted by Gasteiger charge is 2.33. The first kappa shape index (κ1) is 17.2. The van der Waals surface area contributed by atoms with Gasteiger partial charge in [-0.2, -0.15) is 0 Å². The van der Waals surface area contributed by atoms with E-state index in [4.69, 9.17) is 14.5 Å². The van der Waals surface area contributed by atoms with Crippen molar-refractivity contribution in [1.82, 2.24) is 9.88 Å². The molecule has 2 aliphatic rings. The highest BCUT2D eigenvalue weighted by Crippen LogP contribution is 2.43. The molecular formula is C20H20N4O3. The normalized spacial score (nSPS) is 14.9. The molecule has 0 unspecified atom stereocenters. The van der Waals surface area contributed by atoms with E-state index in [9.17, 15) is 4.79 Å². The Balaban J connectivity index is 1.80. The maximum atomic E-state index is 12.7. The third-order valence-corrected chi connectivity index (χ3v) is 4.82. The Morgan fingerprint density at radius 1 is 1.30 bits per heavy atom. The number of ether oxygens (including phenoxy) is 2. The Kier molecular flexibility index (Phi) is 4.35. The molecule has 138 valence electrons. The fraction of sp³-hybridized carbons (Fsp3) is 0.300. The van der Waals surface area contributed by atoms with Crippen molar-refractivity contribution < 1.29 is 14.3 Å². The zero-order valence-corrected chi connectivity index (χ0v) is 15.5. The number of carbonyl (C=O) groups is 1. The van der Waals surface area contributed by atoms with Gasteiger partial charge in [-0.05, 0) is 25.1 Å². The van der Waals surface area contributed by atoms with Crippen LogP contribution in [-0.2, 0) is 0 Å². The second-order valence-corrected chi connectivity index (χ2v) is 6.36. The Morgan fingerprint density at radius 3 is 2.85 bits per heavy atom. The summed E-state index contributed by atoms with van der Waals surface area (Å²) in [6.07, 6.45) is 3.41. The molecule has 3 heterocycles. The number of aromatic nitrogens is 1. The average molecular weight is 364 g/mol. The molecule has 4 rings (SSSR count). The average Bonchev–Trinajstić information content (AvgIpc) is 3.19. The van der Waals surface area contributed by atoms with E-state index in [0.717, 1.165) is 22.7 Å². The van der Waals surface area contributed by atoms with Gasteiger partial charge in [0.1, 0.15) is 23.1 Å². The van der Waals surface area contributed by atoms with Crippen molar-refractivity contribution in [1.29, 1.82) is 0 Å². The molecule has 0 aliphatic carbocycles. The van der Waals surface area contributed by atoms with Crippen LogP contribution in [0.3, 0.4) is 0 Å². The van der Waals surface area contributed by atoms with Crippen molar-refractivity contribution in [2.45, 2.75) is 13.3 Å². The van der Waals surface area contributed by atoms with Gasteiger partial charge in [-0.15, -0.1) is 0 Å². The highest BCUT2D eigenvalue weighted by molar-refractivity contribution is 6.21. The molecule has 0 amide bonds. The number of pyridine rings is 1. The number of Topliss-reactive ketones (excluding diaryl/α,β-unsaturated/α-hetero) is 1. The second-order valence-electron chi connectivity index (χ2n) is 6.36. The van der Waals surface area contributed by atoms with Crippen LogP contribution in [0.25, 0.3) is 0 Å². The first-order chi connectivity index (χ1) is 13.1. The second kappa shape index (κ2) is 6.83. The van der Waals surface area contributed by atoms with E-state index in [2.05, 4.69) is 9.98 Å². The van der Waals surface area contributed by atoms with E-state index in [1.165, 1.54) is 0 Å². The minimum Gasteiger partial charge on any atom is -0.496 e. The van der Waals surface area contributed by atoms with Crippen LogP contribution in [0, 0.1) is 6.92 Å². The van der Waals surface area contributed by atoms with E-state index >= 15 is 0 Å². The molecule has 7 heteroatoms. The summed E-state index contributed by atoms with van der Waals surface area (Å²) in [4.78, 5) is 28.2. The zero-order valence-electron chi connectivity index (χ0n) is 15.5. The Morgan fingerprint density at radius 2 is 2.15 bits per heavy atom. The summed E-state index contributed by atoms with van der Waals surface area (Å²) >= 11 is 0. The van der Waals surface area contributed by atoms with Gasteiger partial charge >= 0.3 is 0 Å². The van der Waals surface area contributed by atoms with E-state index in [1.54, 1.807) is 38.7 Å². The molecule has 0 saturated carbocycles. The molecule has 0 fully saturated rings. The number of methoxy groups -OCH3 is 2. The number of ketones is 1. The van der Waals surface area contributed by atoms with Crippen LogP contribution in [0.4, 0.5) is 5.69 Å². The number of carbonyl (C=O) groups excluding carboxylic acids is 1. The summed E-state index contributed by atoms with van der Waals surface area (Å²) in [5, 5.41) is 0. The van der Waals surface area contributed by atoms with Crippen molar-refractivity contribution in [3.8, 4) is 11.5 Å². The SMILES string of the molecule is COc1cc2c(c(OC)c1C)N=C(CC(=O)c1cccnc1)N1CCN=C21. The molecule has 2 aromatic rings. The number of fused-ring (bicyclic) bond motifs is 3. The summed E-state index contributed by atoms with van der Waals surface area (Å²) < 4.78 is 11.1. The third-order valence-electron chi connectivity index (χ3n) is 4.82. The van der Waals surface area contributed by atoms with Crippen LogP contribution < -0.4 is 9.47 Å². The van der Waals surface area contributed by atoms with Crippen LogP contribution in [0.5, 0.6) is 11.5 Å². The van der Waals surface area contributed by atoms with Crippen LogP contribution in [0.1, 0.15) is 27.9 Å². The maximum Gasteiger partial charge on any atom is 0.171 e. The lowest BCUT2D eigenvalue weighted by Crippen LogP contribution is -2.38. The minimum atomic E-state index is -0.0271. The fourth-order valence-electron chi connectivity index (χ4n) is 3.49. The quantitative estimate of drug-likeness (QED) is 0.763. The van der Waals surface area contributed by atoms with Crippen LogP contribution >= 0.6 is 0 Å². The molecule has 7 nitrogen and oxygen atoms in total. The van der Waals surface area contributed by atoms with Gasteiger partial charge in [0.2, 0.25) is 0 Å². The Hall–Kier alpha value is -3.22. The lowest BCUT2D eigenvalue weighted by atomic mass is 10.0. The molecule has 0 radical (unpaired) electrons. The van der Waals surface area contributed by atoms with Crippen molar-refractivity contribution >= 4 is 23.1 Å². The lowest BCUT2D eigenvalue weighted by molar-refractivity contribution is 0.0998. The van der Waals surface area contributed by atoms with Crippen molar-refractivity contribution in [2.75, 3.05) is 27.3 Å². The van der Waals surface area contributed by atoms with Crippen molar-refractivity contribution in [3.63, 3.8) is 0 Å². The Bertz CT molecular complexity index is 967. The summed E-state index contributed by atoms with van der Waals surface area (Å²) in [6.45, 7) is 3.29. The third kappa shape index (κ3) is 2.85. The van der Waals surface area contributed by atoms with Gasteiger partial charge in [-0.1, -0.05) is 0 Å². The van der Waals surface area contributed by atoms with Gasteiger partial charge in [0.15, 0.2) is 11.5 Å². The first-order valence-electron chi connectivity index (χ1n) is 8.72. The fourth-order valence-corrected chi connectivity index (χ4v) is 3.49. The molecule has 27 heavy (non-hydrogen) atoms. The predicted molar refractivity (Wildman–Crippen MR) is 103 cm³/mol. The van der Waals surface area contributed by atoms with E-state index in [-0.39, 0.29) is 12.2 Å². The van der Waals surface area contributed by atoms with Gasteiger partial charge in [0, 0.05) is 30.1 Å². The van der Waals surface area contributed by atoms with E-state index < -0.39 is 0 Å². The van der Waals surface area contributed by atoms with Gasteiger partial charge in [-0.3, -0.25) is 14.8 Å². The molecule has 0 bridgehead atoms. The largest absolute Gasteiger partial charge is 0.496 e. The highest BCUT2D eigenvalue weighted by atomic mass is 16.5. The van der Waals surface area contributed by atoms with Crippen LogP contribution in [0.2, 0.25) is 0 Å². The molecule has 1 aromatic heterocycles. The predicted octanol–water partition coefficient (Wildman–Crippen LogP) is 2.79. The topological polar surface area (TPSA) is 76.4 Å². The van der Waals surface area contributed by atoms with Crippen molar-refractivity contribution in [2.24, 2.45) is 9.98 Å². The van der Waals surface area contributed by atoms with Crippen LogP contribution in [-0.4, -0.2) is 54.6 Å². The Labute approximate surface area is 157 Å². The molecule has 2 aliphatic heterocycles. The molecule has 0 saturated heterocycles. The first-order valence-corrected chi connectivity index (χ1v) is 8.72. The number of nitrogens with zero attached hydrogens (tertiary/aromatic N) is 4. The number of aliphatic imine (C=N–C) groups is 2. The smallest absolute Gasteiger partial charge is 0.171 e. The van der Waals surface area contributed by atoms with Gasteiger partial charge in [-0.25, -0.2) is 4.99 Å². The monoisotopic (exact) mass is 364 g/mol. The molecule has 0 atom stereocenters. The molecule has 0 N–H and O–H groups in total. The molecule has 1 aromatic carbocycles.